The van der Waals surface area contributed by atoms with Gasteiger partial charge in [-0.25, -0.2) is 0 Å². The van der Waals surface area contributed by atoms with Crippen molar-refractivity contribution >= 4 is 0 Å². The normalized spacial score (nSPS) is 30.5. The minimum absolute atomic E-state index is 0.190. The number of nitrogens with two attached hydrogens (primary N) is 1. The lowest BCUT2D eigenvalue weighted by molar-refractivity contribution is -0.144. The summed E-state index contributed by atoms with van der Waals surface area (Å²) in [6.07, 6.45) is 1.25. The molecule has 0 unspecified atom stereocenters. The second-order valence-electron chi connectivity index (χ2n) is 3.77. The third-order valence-electron chi connectivity index (χ3n) is 2.38. The Morgan fingerprint density at radius 1 is 1.58 bits per heavy atom. The quantitative estimate of drug-likeness (QED) is 0.695. The van der Waals surface area contributed by atoms with E-state index in [1.807, 2.05) is 13.8 Å². The van der Waals surface area contributed by atoms with Crippen LogP contribution in [0.2, 0.25) is 0 Å². The van der Waals surface area contributed by atoms with Crippen molar-refractivity contribution in [3.63, 3.8) is 0 Å². The summed E-state index contributed by atoms with van der Waals surface area (Å²) >= 11 is 0. The molecule has 2 atom stereocenters. The van der Waals surface area contributed by atoms with E-state index in [4.69, 9.17) is 15.2 Å². The Labute approximate surface area is 74.2 Å². The zero-order valence-corrected chi connectivity index (χ0v) is 8.17. The highest BCUT2D eigenvalue weighted by molar-refractivity contribution is 4.77. The van der Waals surface area contributed by atoms with Crippen molar-refractivity contribution in [2.75, 3.05) is 13.2 Å². The number of rotatable bonds is 3. The van der Waals surface area contributed by atoms with E-state index in [9.17, 15) is 0 Å². The van der Waals surface area contributed by atoms with Crippen LogP contribution in [-0.2, 0) is 9.47 Å². The van der Waals surface area contributed by atoms with Gasteiger partial charge in [0.25, 0.3) is 0 Å². The van der Waals surface area contributed by atoms with E-state index >= 15 is 0 Å². The van der Waals surface area contributed by atoms with Crippen LogP contribution < -0.4 is 5.73 Å². The van der Waals surface area contributed by atoms with Crippen LogP contribution in [0.15, 0.2) is 0 Å². The molecule has 0 spiro atoms. The maximum absolute atomic E-state index is 5.69. The van der Waals surface area contributed by atoms with Gasteiger partial charge in [0.2, 0.25) is 0 Å². The van der Waals surface area contributed by atoms with E-state index in [-0.39, 0.29) is 6.10 Å². The van der Waals surface area contributed by atoms with E-state index in [1.165, 1.54) is 0 Å². The van der Waals surface area contributed by atoms with Crippen LogP contribution >= 0.6 is 0 Å². The summed E-state index contributed by atoms with van der Waals surface area (Å²) in [6.45, 7) is 7.38. The summed E-state index contributed by atoms with van der Waals surface area (Å²) < 4.78 is 11.2. The van der Waals surface area contributed by atoms with Gasteiger partial charge >= 0.3 is 0 Å². The minimum Gasteiger partial charge on any atom is -0.348 e. The Bertz CT molecular complexity index is 143. The summed E-state index contributed by atoms with van der Waals surface area (Å²) in [5.41, 5.74) is 5.62. The van der Waals surface area contributed by atoms with Gasteiger partial charge in [-0.15, -0.1) is 0 Å². The lowest BCUT2D eigenvalue weighted by Gasteiger charge is -2.21. The highest BCUT2D eigenvalue weighted by Gasteiger charge is 2.35. The molecule has 72 valence electrons. The Morgan fingerprint density at radius 2 is 2.25 bits per heavy atom. The summed E-state index contributed by atoms with van der Waals surface area (Å²) in [4.78, 5) is 0. The molecule has 0 aliphatic carbocycles. The molecule has 1 rings (SSSR count). The number of hydrogen-bond donors (Lipinski definition) is 1. The second-order valence-corrected chi connectivity index (χ2v) is 3.77. The maximum Gasteiger partial charge on any atom is 0.163 e. The molecule has 1 aliphatic rings. The average Bonchev–Trinajstić information content (AvgIpc) is 2.34. The lowest BCUT2D eigenvalue weighted by Crippen LogP contribution is -2.31. The molecule has 1 fully saturated rings. The molecule has 0 saturated carbocycles. The molecular formula is C9H19NO2. The van der Waals surface area contributed by atoms with E-state index in [0.29, 0.717) is 19.1 Å². The summed E-state index contributed by atoms with van der Waals surface area (Å²) in [7, 11) is 0. The molecule has 3 nitrogen and oxygen atoms in total. The van der Waals surface area contributed by atoms with Crippen LogP contribution in [0.1, 0.15) is 27.2 Å². The SMILES string of the molecule is CC[C@H](CN)[C@@H]1COC(C)(C)O1. The van der Waals surface area contributed by atoms with Gasteiger partial charge in [0.1, 0.15) is 0 Å². The van der Waals surface area contributed by atoms with Crippen LogP contribution in [0.3, 0.4) is 0 Å². The molecule has 0 bridgehead atoms. The monoisotopic (exact) mass is 173 g/mol. The van der Waals surface area contributed by atoms with Crippen molar-refractivity contribution in [1.82, 2.24) is 0 Å². The first-order valence-electron chi connectivity index (χ1n) is 4.61. The Kier molecular flexibility index (Phi) is 3.09. The standard InChI is InChI=1S/C9H19NO2/c1-4-7(5-10)8-6-11-9(2,3)12-8/h7-8H,4-6,10H2,1-3H3/t7-,8+/m1/s1. The van der Waals surface area contributed by atoms with Gasteiger partial charge in [0.05, 0.1) is 12.7 Å². The Balaban J connectivity index is 2.45. The molecule has 0 radical (unpaired) electrons. The molecule has 0 aromatic heterocycles. The molecule has 1 saturated heterocycles. The van der Waals surface area contributed by atoms with Crippen LogP contribution in [0.5, 0.6) is 0 Å². The number of hydrogen-bond acceptors (Lipinski definition) is 3. The molecule has 2 N–H and O–H groups in total. The van der Waals surface area contributed by atoms with E-state index in [0.717, 1.165) is 6.42 Å². The van der Waals surface area contributed by atoms with Gasteiger partial charge in [0, 0.05) is 0 Å². The molecule has 0 aromatic carbocycles. The zero-order valence-electron chi connectivity index (χ0n) is 8.17. The van der Waals surface area contributed by atoms with Crippen molar-refractivity contribution in [2.24, 2.45) is 11.7 Å². The van der Waals surface area contributed by atoms with Crippen LogP contribution in [0, 0.1) is 5.92 Å². The van der Waals surface area contributed by atoms with E-state index in [1.54, 1.807) is 0 Å². The van der Waals surface area contributed by atoms with Gasteiger partial charge in [-0.1, -0.05) is 6.92 Å². The largest absolute Gasteiger partial charge is 0.348 e. The van der Waals surface area contributed by atoms with Gasteiger partial charge in [0.15, 0.2) is 5.79 Å². The molecule has 1 aliphatic heterocycles. The van der Waals surface area contributed by atoms with E-state index in [2.05, 4.69) is 6.92 Å². The van der Waals surface area contributed by atoms with Crippen molar-refractivity contribution in [3.8, 4) is 0 Å². The average molecular weight is 173 g/mol. The van der Waals surface area contributed by atoms with E-state index < -0.39 is 5.79 Å². The van der Waals surface area contributed by atoms with Crippen molar-refractivity contribution in [3.05, 3.63) is 0 Å². The topological polar surface area (TPSA) is 44.5 Å². The summed E-state index contributed by atoms with van der Waals surface area (Å²) in [6, 6.07) is 0. The van der Waals surface area contributed by atoms with Crippen LogP contribution in [-0.4, -0.2) is 25.0 Å². The van der Waals surface area contributed by atoms with Gasteiger partial charge in [-0.2, -0.15) is 0 Å². The first-order valence-corrected chi connectivity index (χ1v) is 4.61. The van der Waals surface area contributed by atoms with Gasteiger partial charge in [-0.05, 0) is 32.7 Å². The molecular weight excluding hydrogens is 154 g/mol. The number of ether oxygens (including phenoxy) is 2. The van der Waals surface area contributed by atoms with Crippen molar-refractivity contribution in [2.45, 2.75) is 39.1 Å². The predicted octanol–water partition coefficient (Wildman–Crippen LogP) is 1.12. The molecule has 3 heteroatoms. The third kappa shape index (κ3) is 2.19. The minimum atomic E-state index is -0.409. The first kappa shape index (κ1) is 9.96. The van der Waals surface area contributed by atoms with Gasteiger partial charge in [-0.3, -0.25) is 0 Å². The molecule has 12 heavy (non-hydrogen) atoms. The fraction of sp³-hybridized carbons (Fsp3) is 1.00. The van der Waals surface area contributed by atoms with Crippen molar-refractivity contribution < 1.29 is 9.47 Å². The second kappa shape index (κ2) is 3.73. The molecule has 1 heterocycles. The van der Waals surface area contributed by atoms with Crippen LogP contribution in [0.4, 0.5) is 0 Å². The fourth-order valence-corrected chi connectivity index (χ4v) is 1.53. The smallest absolute Gasteiger partial charge is 0.163 e. The highest BCUT2D eigenvalue weighted by Crippen LogP contribution is 2.27. The van der Waals surface area contributed by atoms with Gasteiger partial charge < -0.3 is 15.2 Å². The summed E-state index contributed by atoms with van der Waals surface area (Å²) in [5.74, 6) is 0.0274. The Morgan fingerprint density at radius 3 is 2.58 bits per heavy atom. The zero-order chi connectivity index (χ0) is 9.19. The van der Waals surface area contributed by atoms with Crippen LogP contribution in [0.25, 0.3) is 0 Å². The van der Waals surface area contributed by atoms with Crippen molar-refractivity contribution in [1.29, 1.82) is 0 Å². The molecule has 0 amide bonds. The third-order valence-corrected chi connectivity index (χ3v) is 2.38. The maximum atomic E-state index is 5.69. The molecule has 0 aromatic rings. The fourth-order valence-electron chi connectivity index (χ4n) is 1.53. The predicted molar refractivity (Wildman–Crippen MR) is 47.7 cm³/mol. The Hall–Kier alpha value is -0.120. The summed E-state index contributed by atoms with van der Waals surface area (Å²) in [5, 5.41) is 0. The first-order chi connectivity index (χ1) is 5.59. The lowest BCUT2D eigenvalue weighted by atomic mass is 10.0. The highest BCUT2D eigenvalue weighted by atomic mass is 16.7.